The van der Waals surface area contributed by atoms with Crippen molar-refractivity contribution in [3.63, 3.8) is 0 Å². The summed E-state index contributed by atoms with van der Waals surface area (Å²) in [7, 11) is 0. The SMILES string of the molecule is C=C(C)OC(=O)Cl.C=C(C)OC(=O)OC(C)C.CC(C)OC(=O)OC(C)(C)Cl.CC(C)OC(=O)OC(C)(C)OC(=O)[C@@H](C)c1ccc(C[C@H]2CCC[C@@H]2O)cc1.ClCCl. The van der Waals surface area contributed by atoms with Crippen LogP contribution in [0.25, 0.3) is 0 Å². The van der Waals surface area contributed by atoms with Gasteiger partial charge >= 0.3 is 29.9 Å². The summed E-state index contributed by atoms with van der Waals surface area (Å²) in [6.07, 6.45) is 0.706. The van der Waals surface area contributed by atoms with Gasteiger partial charge in [0.15, 0.2) is 5.06 Å². The molecule has 0 unspecified atom stereocenters. The van der Waals surface area contributed by atoms with Gasteiger partial charge in [0.2, 0.25) is 0 Å². The second kappa shape index (κ2) is 31.4. The molecule has 14 nitrogen and oxygen atoms in total. The summed E-state index contributed by atoms with van der Waals surface area (Å²) >= 11 is 19.9. The van der Waals surface area contributed by atoms with E-state index in [2.05, 4.69) is 36.8 Å². The maximum absolute atomic E-state index is 12.5. The quantitative estimate of drug-likeness (QED) is 0.0522. The van der Waals surface area contributed by atoms with E-state index in [1.54, 1.807) is 76.2 Å². The molecule has 0 heterocycles. The van der Waals surface area contributed by atoms with Crippen LogP contribution in [-0.2, 0) is 49.1 Å². The van der Waals surface area contributed by atoms with Gasteiger partial charge in [-0.2, -0.15) is 0 Å². The summed E-state index contributed by atoms with van der Waals surface area (Å²) in [4.78, 5) is 55.2. The van der Waals surface area contributed by atoms with E-state index >= 15 is 0 Å². The molecule has 0 bridgehead atoms. The van der Waals surface area contributed by atoms with Gasteiger partial charge in [-0.25, -0.2) is 19.2 Å². The molecule has 1 N–H and O–H groups in total. The Bertz CT molecular complexity index is 1410. The van der Waals surface area contributed by atoms with E-state index in [0.717, 1.165) is 36.8 Å². The molecule has 340 valence electrons. The fourth-order valence-corrected chi connectivity index (χ4v) is 4.51. The van der Waals surface area contributed by atoms with Crippen molar-refractivity contribution < 1.29 is 67.0 Å². The largest absolute Gasteiger partial charge is 0.513 e. The lowest BCUT2D eigenvalue weighted by Gasteiger charge is -2.26. The predicted octanol–water partition coefficient (Wildman–Crippen LogP) is 12.3. The van der Waals surface area contributed by atoms with Gasteiger partial charge in [0, 0.05) is 25.4 Å². The molecule has 0 aliphatic heterocycles. The Kier molecular flexibility index (Phi) is 31.9. The van der Waals surface area contributed by atoms with Gasteiger partial charge in [0.05, 0.1) is 41.4 Å². The molecule has 59 heavy (non-hydrogen) atoms. The lowest BCUT2D eigenvalue weighted by molar-refractivity contribution is -0.203. The topological polar surface area (TPSA) is 179 Å². The number of halogens is 4. The summed E-state index contributed by atoms with van der Waals surface area (Å²) in [6, 6.07) is 7.80. The molecular weight excluding hydrogens is 858 g/mol. The van der Waals surface area contributed by atoms with Crippen molar-refractivity contribution in [1.82, 2.24) is 0 Å². The number of aliphatic hydroxyl groups is 1. The Hall–Kier alpha value is -3.43. The summed E-state index contributed by atoms with van der Waals surface area (Å²) < 4.78 is 38.0. The molecule has 1 saturated carbocycles. The van der Waals surface area contributed by atoms with Crippen molar-refractivity contribution in [2.24, 2.45) is 5.92 Å². The third-order valence-electron chi connectivity index (χ3n) is 6.46. The molecule has 1 aliphatic rings. The first-order valence-electron chi connectivity index (χ1n) is 18.6. The van der Waals surface area contributed by atoms with Crippen LogP contribution in [0.5, 0.6) is 0 Å². The van der Waals surface area contributed by atoms with E-state index < -0.39 is 46.6 Å². The Balaban J connectivity index is -0.000000828. The number of allylic oxidation sites excluding steroid dienone is 2. The summed E-state index contributed by atoms with van der Waals surface area (Å²) in [6.45, 7) is 28.0. The molecule has 3 atom stereocenters. The number of carbonyl (C=O) groups excluding carboxylic acids is 5. The van der Waals surface area contributed by atoms with E-state index in [1.165, 1.54) is 13.8 Å². The van der Waals surface area contributed by atoms with Crippen LogP contribution in [0.2, 0.25) is 0 Å². The molecule has 18 heteroatoms. The van der Waals surface area contributed by atoms with Crippen LogP contribution in [0.1, 0.15) is 126 Å². The van der Waals surface area contributed by atoms with Crippen LogP contribution in [-0.4, -0.2) is 75.6 Å². The minimum Gasteiger partial charge on any atom is -0.432 e. The van der Waals surface area contributed by atoms with Crippen molar-refractivity contribution in [1.29, 1.82) is 0 Å². The number of hydrogen-bond acceptors (Lipinski definition) is 14. The third kappa shape index (κ3) is 37.3. The maximum Gasteiger partial charge on any atom is 0.513 e. The second-order valence-corrected chi connectivity index (χ2v) is 16.5. The van der Waals surface area contributed by atoms with Crippen molar-refractivity contribution in [2.75, 3.05) is 5.34 Å². The van der Waals surface area contributed by atoms with Crippen molar-refractivity contribution >= 4 is 76.3 Å². The van der Waals surface area contributed by atoms with Gasteiger partial charge in [-0.3, -0.25) is 4.79 Å². The first-order valence-corrected chi connectivity index (χ1v) is 20.4. The molecule has 1 aromatic carbocycles. The molecule has 0 saturated heterocycles. The number of carbonyl (C=O) groups is 5. The van der Waals surface area contributed by atoms with Crippen molar-refractivity contribution in [3.8, 4) is 0 Å². The fourth-order valence-electron chi connectivity index (χ4n) is 4.32. The van der Waals surface area contributed by atoms with E-state index in [-0.39, 0.29) is 29.8 Å². The van der Waals surface area contributed by atoms with Crippen LogP contribution in [0, 0.1) is 5.92 Å². The van der Waals surface area contributed by atoms with E-state index in [0.29, 0.717) is 17.4 Å². The average Bonchev–Trinajstić information content (AvgIpc) is 3.42. The molecule has 1 fully saturated rings. The van der Waals surface area contributed by atoms with Crippen molar-refractivity contribution in [3.05, 3.63) is 60.1 Å². The van der Waals surface area contributed by atoms with Crippen molar-refractivity contribution in [2.45, 2.75) is 157 Å². The van der Waals surface area contributed by atoms with Gasteiger partial charge in [-0.05, 0) is 112 Å². The lowest BCUT2D eigenvalue weighted by atomic mass is 9.93. The van der Waals surface area contributed by atoms with Crippen LogP contribution in [0.15, 0.2) is 48.9 Å². The number of alkyl halides is 3. The summed E-state index contributed by atoms with van der Waals surface area (Å²) in [5.41, 5.74) is 1.13. The highest BCUT2D eigenvalue weighted by Crippen LogP contribution is 2.29. The molecule has 1 aromatic rings. The van der Waals surface area contributed by atoms with Gasteiger partial charge in [0.25, 0.3) is 5.79 Å². The molecular formula is C41H64Cl4O14. The second-order valence-electron chi connectivity index (χ2n) is 14.5. The minimum atomic E-state index is -1.42. The monoisotopic (exact) mass is 920 g/mol. The Morgan fingerprint density at radius 2 is 1.15 bits per heavy atom. The molecule has 2 rings (SSSR count). The van der Waals surface area contributed by atoms with Gasteiger partial charge in [-0.15, -0.1) is 23.2 Å². The molecule has 0 aromatic heterocycles. The van der Waals surface area contributed by atoms with E-state index in [9.17, 15) is 29.1 Å². The first-order chi connectivity index (χ1) is 26.9. The van der Waals surface area contributed by atoms with Crippen LogP contribution >= 0.6 is 46.4 Å². The Morgan fingerprint density at radius 1 is 0.729 bits per heavy atom. The number of benzene rings is 1. The number of rotatable bonds is 12. The average molecular weight is 923 g/mol. The zero-order chi connectivity index (χ0) is 46.7. The van der Waals surface area contributed by atoms with Crippen LogP contribution < -0.4 is 0 Å². The lowest BCUT2D eigenvalue weighted by Crippen LogP contribution is -2.36. The predicted molar refractivity (Wildman–Crippen MR) is 229 cm³/mol. The number of ether oxygens (including phenoxy) is 8. The normalized spacial score (nSPS) is 14.7. The number of aliphatic hydroxyl groups excluding tert-OH is 1. The highest BCUT2D eigenvalue weighted by atomic mass is 35.5. The van der Waals surface area contributed by atoms with Gasteiger partial charge in [0.1, 0.15) is 5.76 Å². The molecule has 0 spiro atoms. The Morgan fingerprint density at radius 3 is 1.49 bits per heavy atom. The van der Waals surface area contributed by atoms with E-state index in [1.807, 2.05) is 24.3 Å². The van der Waals surface area contributed by atoms with Gasteiger partial charge < -0.3 is 43.0 Å². The fraction of sp³-hybridized carbons (Fsp3) is 0.634. The molecule has 0 radical (unpaired) electrons. The van der Waals surface area contributed by atoms with Crippen LogP contribution in [0.3, 0.4) is 0 Å². The number of esters is 1. The minimum absolute atomic E-state index is 0.146. The highest BCUT2D eigenvalue weighted by Gasteiger charge is 2.32. The maximum atomic E-state index is 12.5. The number of hydrogen-bond donors (Lipinski definition) is 1. The summed E-state index contributed by atoms with van der Waals surface area (Å²) in [5.74, 6) is -1.45. The zero-order valence-electron chi connectivity index (χ0n) is 36.5. The summed E-state index contributed by atoms with van der Waals surface area (Å²) in [5, 5.41) is 9.18. The van der Waals surface area contributed by atoms with Gasteiger partial charge in [-0.1, -0.05) is 55.4 Å². The highest BCUT2D eigenvalue weighted by molar-refractivity contribution is 6.61. The molecule has 0 amide bonds. The molecule has 1 aliphatic carbocycles. The van der Waals surface area contributed by atoms with Crippen LogP contribution in [0.4, 0.5) is 19.2 Å². The smallest absolute Gasteiger partial charge is 0.432 e. The first kappa shape index (κ1) is 59.9. The standard InChI is InChI=1S/C22H32O6.C7H13ClO3.C7H12O3.C4H5ClO2.CH2Cl2/c1-14(2)26-21(25)28-22(4,5)27-20(24)15(3)17-11-9-16(10-12-17)13-18-7-6-8-19(18)23;1-5(2)10-6(9)11-7(3,4)8;1-5(2)9-7(8)10-6(3)4;1-3(2)7-4(5)6;2-1-3/h9-12,14-15,18-19,23H,6-8,13H2,1-5H3;5H,1-4H3;6H,1H2,2-4H3;1H2,2H3;1H2/t15-,18+,19-;;;;/m0..../s1. The third-order valence-corrected chi connectivity index (χ3v) is 6.61. The zero-order valence-corrected chi connectivity index (χ0v) is 39.5. The Labute approximate surface area is 370 Å². The van der Waals surface area contributed by atoms with E-state index in [4.69, 9.17) is 60.6 Å².